The molecule has 1 aliphatic rings. The molecule has 0 bridgehead atoms. The summed E-state index contributed by atoms with van der Waals surface area (Å²) in [7, 11) is 1.98. The summed E-state index contributed by atoms with van der Waals surface area (Å²) >= 11 is 1.81. The Kier molecular flexibility index (Phi) is 37.7. The third kappa shape index (κ3) is 35.1. The van der Waals surface area contributed by atoms with Crippen molar-refractivity contribution in [2.24, 2.45) is 18.4 Å². The lowest BCUT2D eigenvalue weighted by atomic mass is 9.81. The second kappa shape index (κ2) is 41.1. The van der Waals surface area contributed by atoms with Gasteiger partial charge in [-0.25, -0.2) is 15.0 Å². The number of allylic oxidation sites excluding steroid dienone is 3. The molecule has 0 saturated heterocycles. The van der Waals surface area contributed by atoms with E-state index >= 15 is 0 Å². The molecule has 0 fully saturated rings. The van der Waals surface area contributed by atoms with E-state index in [2.05, 4.69) is 299 Å². The number of aryl methyl sites for hydroxylation is 13. The summed E-state index contributed by atoms with van der Waals surface area (Å²) in [5.74, 6) is 5.59. The number of hydrogen-bond acceptors (Lipinski definition) is 11. The highest BCUT2D eigenvalue weighted by molar-refractivity contribution is 7.11. The molecule has 8 heterocycles. The number of rotatable bonds is 10. The van der Waals surface area contributed by atoms with E-state index in [0.717, 1.165) is 78.5 Å². The molecule has 0 aromatic carbocycles. The number of nitrogens with one attached hydrogen (secondary N) is 1. The summed E-state index contributed by atoms with van der Waals surface area (Å²) < 4.78 is 18.6. The Morgan fingerprint density at radius 3 is 1.46 bits per heavy atom. The molecule has 0 radical (unpaired) electrons. The number of aliphatic carboxylic acids is 1. The van der Waals surface area contributed by atoms with Crippen LogP contribution in [0.3, 0.4) is 0 Å². The molecule has 0 aliphatic heterocycles. The van der Waals surface area contributed by atoms with Gasteiger partial charge in [-0.1, -0.05) is 226 Å². The van der Waals surface area contributed by atoms with Crippen LogP contribution in [-0.2, 0) is 87.6 Å². The number of imidazole rings is 2. The van der Waals surface area contributed by atoms with Crippen LogP contribution in [0.5, 0.6) is 0 Å². The molecule has 1 unspecified atom stereocenters. The molecule has 1 aliphatic carbocycles. The number of H-pyrrole nitrogens is 1. The van der Waals surface area contributed by atoms with Crippen molar-refractivity contribution in [3.8, 4) is 0 Å². The van der Waals surface area contributed by atoms with Gasteiger partial charge in [0.25, 0.3) is 0 Å². The maximum atomic E-state index is 10.5. The van der Waals surface area contributed by atoms with Crippen LogP contribution in [0, 0.1) is 59.8 Å². The SMILES string of the molecule is C=C(O)CCCn1nc(C)cc1C(C)(C)C.CC(C)(C)c1ccco1.CC1CCC=C1C(C)(C)C.CCc1[nH]c(C)nc1C(C)(C)C.CCc1cn(C)nc1C(C)(C)C.CCn1ccnc1C(C)(C)C.Cc1cc(C(C)(C)C)c(C)o1.Cc1cc(C(C)(C)C)n(CCC(=O)O)n1.Cc1nc(C)c(C(C)(C)C)s1. The first-order valence-corrected chi connectivity index (χ1v) is 39.9. The predicted octanol–water partition coefficient (Wildman–Crippen LogP) is 24.6. The Balaban J connectivity index is 0.000000605. The van der Waals surface area contributed by atoms with Crippen molar-refractivity contribution in [1.82, 2.24) is 53.8 Å². The minimum absolute atomic E-state index is 0.000235. The standard InChI is InChI=1S/C13H22N2O.C11H18N2O2.2C10H18N2.C10H16O.C10H18.C9H16N2.C9H15NS.C8H12O/c1-10-9-12(13(3,4)5)15(14-10)8-6-7-11(2)16;1-8-7-9(11(2,3)4)13(12-8)6-5-10(14)15;1-6-8-7-12(5)11-9(8)10(2,3)4;1-6-8-9(10(3,4)5)12-7(2)11-8;1-7-6-9(8(2)11-7)10(3,4)5;1-8-6-5-7-9(8)10(2,3)4;1-5-11-7-6-10-8(11)9(2,3)4;1-6-8(9(3,4)5)11-7(2)10-6;1-8(2,3)7-5-4-6-9-7/h9,16H,2,6-8H2,1,3-5H3;7H,5-6H2,1-4H3,(H,14,15);7H,6H2,1-5H3;6H2,1-5H3,(H,11,12);6H,1-5H3;7-8H,5-6H2,1-4H3;6-7H,5H2,1-4H3;1-5H3;4-6H,1-3H3. The van der Waals surface area contributed by atoms with Gasteiger partial charge in [0, 0.05) is 99.6 Å². The number of furan rings is 2. The van der Waals surface area contributed by atoms with Crippen LogP contribution in [0.15, 0.2) is 88.0 Å². The highest BCUT2D eigenvalue weighted by atomic mass is 32.1. The van der Waals surface area contributed by atoms with Gasteiger partial charge >= 0.3 is 5.97 Å². The van der Waals surface area contributed by atoms with Crippen molar-refractivity contribution in [3.63, 3.8) is 0 Å². The average molecular weight is 1500 g/mol. The van der Waals surface area contributed by atoms with Gasteiger partial charge in [-0.2, -0.15) is 15.3 Å². The normalized spacial score (nSPS) is 13.3. The number of nitrogens with zero attached hydrogens (tertiary/aromatic N) is 10. The minimum atomic E-state index is -0.789. The topological polar surface area (TPSA) is 197 Å². The van der Waals surface area contributed by atoms with Gasteiger partial charge < -0.3 is 28.6 Å². The predicted molar refractivity (Wildman–Crippen MR) is 454 cm³/mol. The summed E-state index contributed by atoms with van der Waals surface area (Å²) in [6.07, 6.45) is 16.5. The number of aromatic nitrogens is 11. The van der Waals surface area contributed by atoms with E-state index in [1.165, 1.54) is 68.1 Å². The fourth-order valence-electron chi connectivity index (χ4n) is 12.5. The fraction of sp³-hybridized carbons (Fsp3) is 0.656. The largest absolute Gasteiger partial charge is 0.513 e. The molecule has 16 nitrogen and oxygen atoms in total. The van der Waals surface area contributed by atoms with E-state index in [-0.39, 0.29) is 55.5 Å². The third-order valence-electron chi connectivity index (χ3n) is 17.5. The Bertz CT molecular complexity index is 3820. The molecule has 9 rings (SSSR count). The molecule has 0 amide bonds. The summed E-state index contributed by atoms with van der Waals surface area (Å²) in [4.78, 5) is 28.4. The van der Waals surface area contributed by atoms with Gasteiger partial charge in [0.05, 0.1) is 58.5 Å². The minimum Gasteiger partial charge on any atom is -0.513 e. The number of hydrogen-bond donors (Lipinski definition) is 3. The quantitative estimate of drug-likeness (QED) is 0.0870. The Hall–Kier alpha value is -7.01. The number of carboxylic acids is 1. The third-order valence-corrected chi connectivity index (χ3v) is 19.0. The molecule has 0 saturated carbocycles. The lowest BCUT2D eigenvalue weighted by Gasteiger charge is -2.24. The van der Waals surface area contributed by atoms with E-state index in [1.807, 2.05) is 93.0 Å². The van der Waals surface area contributed by atoms with E-state index < -0.39 is 5.97 Å². The Morgan fingerprint density at radius 1 is 0.636 bits per heavy atom. The molecule has 3 N–H and O–H groups in total. The Morgan fingerprint density at radius 2 is 1.17 bits per heavy atom. The van der Waals surface area contributed by atoms with Crippen LogP contribution >= 0.6 is 11.3 Å². The zero-order valence-electron chi connectivity index (χ0n) is 75.1. The average Bonchev–Trinajstić information content (AvgIpc) is 1.71. The van der Waals surface area contributed by atoms with Gasteiger partial charge in [-0.3, -0.25) is 18.8 Å². The molecular formula is C90H153N11O5S. The van der Waals surface area contributed by atoms with Crippen molar-refractivity contribution >= 4 is 17.3 Å². The van der Waals surface area contributed by atoms with Crippen LogP contribution in [0.25, 0.3) is 0 Å². The Labute approximate surface area is 655 Å². The molecule has 107 heavy (non-hydrogen) atoms. The molecule has 604 valence electrons. The van der Waals surface area contributed by atoms with Crippen LogP contribution < -0.4 is 0 Å². The lowest BCUT2D eigenvalue weighted by molar-refractivity contribution is -0.137. The van der Waals surface area contributed by atoms with Crippen LogP contribution in [0.4, 0.5) is 0 Å². The summed E-state index contributed by atoms with van der Waals surface area (Å²) in [5, 5.41) is 32.1. The summed E-state index contributed by atoms with van der Waals surface area (Å²) in [6.45, 7) is 87.9. The second-order valence-electron chi connectivity index (χ2n) is 38.0. The number of aromatic amines is 1. The molecule has 1 atom stereocenters. The second-order valence-corrected chi connectivity index (χ2v) is 39.2. The monoisotopic (exact) mass is 1500 g/mol. The van der Waals surface area contributed by atoms with E-state index in [9.17, 15) is 4.79 Å². The first kappa shape index (κ1) is 98.0. The highest BCUT2D eigenvalue weighted by Crippen LogP contribution is 2.38. The zero-order chi connectivity index (χ0) is 83.1. The fourth-order valence-corrected chi connectivity index (χ4v) is 13.5. The van der Waals surface area contributed by atoms with Crippen molar-refractivity contribution in [3.05, 3.63) is 175 Å². The smallest absolute Gasteiger partial charge is 0.305 e. The number of aliphatic hydroxyl groups excluding tert-OH is 1. The maximum absolute atomic E-state index is 10.5. The molecule has 17 heteroatoms. The van der Waals surface area contributed by atoms with Gasteiger partial charge in [0.2, 0.25) is 0 Å². The van der Waals surface area contributed by atoms with Crippen LogP contribution in [0.1, 0.15) is 342 Å². The maximum Gasteiger partial charge on any atom is 0.305 e. The molecule has 8 aromatic heterocycles. The van der Waals surface area contributed by atoms with Crippen LogP contribution in [0.2, 0.25) is 0 Å². The number of carbonyl (C=O) groups is 1. The zero-order valence-corrected chi connectivity index (χ0v) is 75.9. The summed E-state index contributed by atoms with van der Waals surface area (Å²) in [5.41, 5.74) is 15.2. The van der Waals surface area contributed by atoms with E-state index in [0.29, 0.717) is 18.4 Å². The molecular weight excluding hydrogens is 1350 g/mol. The van der Waals surface area contributed by atoms with E-state index in [4.69, 9.17) is 19.0 Å². The highest BCUT2D eigenvalue weighted by Gasteiger charge is 2.28. The van der Waals surface area contributed by atoms with Crippen LogP contribution in [-0.4, -0.2) is 70.0 Å². The first-order valence-electron chi connectivity index (χ1n) is 39.1. The number of aliphatic hydroxyl groups is 1. The van der Waals surface area contributed by atoms with Gasteiger partial charge in [-0.15, -0.1) is 11.3 Å². The van der Waals surface area contributed by atoms with Crippen molar-refractivity contribution in [2.45, 2.75) is 371 Å². The molecule has 8 aromatic rings. The number of thiazole rings is 1. The lowest BCUT2D eigenvalue weighted by Crippen LogP contribution is -2.19. The van der Waals surface area contributed by atoms with Gasteiger partial charge in [-0.05, 0) is 151 Å². The van der Waals surface area contributed by atoms with Gasteiger partial charge in [0.1, 0.15) is 28.9 Å². The summed E-state index contributed by atoms with van der Waals surface area (Å²) in [6, 6.07) is 10.2. The van der Waals surface area contributed by atoms with Crippen molar-refractivity contribution < 1.29 is 23.8 Å². The first-order chi connectivity index (χ1) is 48.5. The van der Waals surface area contributed by atoms with Gasteiger partial charge in [0.15, 0.2) is 0 Å². The van der Waals surface area contributed by atoms with Crippen molar-refractivity contribution in [1.29, 1.82) is 0 Å². The molecule has 0 spiro atoms. The number of carboxylic acid groups (broad SMARTS) is 1. The van der Waals surface area contributed by atoms with E-state index in [1.54, 1.807) is 16.5 Å². The van der Waals surface area contributed by atoms with Crippen molar-refractivity contribution in [2.75, 3.05) is 0 Å².